The molecule has 10 heteroatoms. The maximum absolute atomic E-state index is 13.3. The molecule has 27 heavy (non-hydrogen) atoms. The van der Waals surface area contributed by atoms with E-state index in [1.165, 1.54) is 27.4 Å². The Hall–Kier alpha value is -2.46. The topological polar surface area (TPSA) is 68.1 Å². The van der Waals surface area contributed by atoms with E-state index in [0.717, 1.165) is 5.56 Å². The van der Waals surface area contributed by atoms with Gasteiger partial charge in [-0.3, -0.25) is 4.98 Å². The smallest absolute Gasteiger partial charge is 0.262 e. The molecule has 0 unspecified atom stereocenters. The zero-order valence-corrected chi connectivity index (χ0v) is 14.8. The van der Waals surface area contributed by atoms with Crippen LogP contribution in [0.4, 0.5) is 13.2 Å². The highest BCUT2D eigenvalue weighted by Crippen LogP contribution is 2.34. The van der Waals surface area contributed by atoms with E-state index in [9.17, 15) is 21.6 Å². The normalized spacial score (nSPS) is 17.6. The number of nitrogens with zero attached hydrogens (tertiary/aromatic N) is 4. The number of hydrogen-bond acceptors (Lipinski definition) is 4. The van der Waals surface area contributed by atoms with E-state index in [0.29, 0.717) is 18.7 Å². The van der Waals surface area contributed by atoms with Gasteiger partial charge in [0.05, 0.1) is 23.2 Å². The van der Waals surface area contributed by atoms with E-state index in [1.807, 2.05) is 0 Å². The van der Waals surface area contributed by atoms with Crippen LogP contribution in [0.25, 0.3) is 16.6 Å². The predicted molar refractivity (Wildman–Crippen MR) is 92.7 cm³/mol. The zero-order chi connectivity index (χ0) is 19.2. The molecule has 2 aromatic heterocycles. The summed E-state index contributed by atoms with van der Waals surface area (Å²) in [5.41, 5.74) is 0.484. The van der Waals surface area contributed by atoms with Crippen molar-refractivity contribution in [3.8, 4) is 5.69 Å². The monoisotopic (exact) mass is 396 g/mol. The van der Waals surface area contributed by atoms with Crippen molar-refractivity contribution in [2.45, 2.75) is 19.1 Å². The van der Waals surface area contributed by atoms with Gasteiger partial charge in [-0.25, -0.2) is 13.1 Å². The summed E-state index contributed by atoms with van der Waals surface area (Å²) in [5, 5.41) is 3.71. The van der Waals surface area contributed by atoms with Crippen LogP contribution in [-0.2, 0) is 22.7 Å². The van der Waals surface area contributed by atoms with Crippen molar-refractivity contribution in [1.29, 1.82) is 0 Å². The Labute approximate surface area is 153 Å². The van der Waals surface area contributed by atoms with Gasteiger partial charge in [-0.1, -0.05) is 12.1 Å². The van der Waals surface area contributed by atoms with Crippen molar-refractivity contribution < 1.29 is 21.6 Å². The number of halogens is 3. The second-order valence-electron chi connectivity index (χ2n) is 6.32. The summed E-state index contributed by atoms with van der Waals surface area (Å²) < 4.78 is 66.2. The summed E-state index contributed by atoms with van der Waals surface area (Å²) in [6.07, 6.45) is -1.34. The SMILES string of the molecule is O=S1(=O)CCCN1Cc1ccc(-n2nc(C(F)(F)F)c3ccncc32)cc1. The summed E-state index contributed by atoms with van der Waals surface area (Å²) >= 11 is 0. The highest BCUT2D eigenvalue weighted by Gasteiger charge is 2.37. The lowest BCUT2D eigenvalue weighted by atomic mass is 10.2. The van der Waals surface area contributed by atoms with E-state index in [2.05, 4.69) is 10.1 Å². The lowest BCUT2D eigenvalue weighted by molar-refractivity contribution is -0.140. The Balaban J connectivity index is 1.69. The molecule has 6 nitrogen and oxygen atoms in total. The molecule has 0 saturated carbocycles. The molecule has 0 amide bonds. The second kappa shape index (κ2) is 6.31. The maximum Gasteiger partial charge on any atom is 0.435 e. The van der Waals surface area contributed by atoms with Crippen LogP contribution in [0.15, 0.2) is 42.7 Å². The number of fused-ring (bicyclic) bond motifs is 1. The zero-order valence-electron chi connectivity index (χ0n) is 14.0. The number of alkyl halides is 3. The highest BCUT2D eigenvalue weighted by molar-refractivity contribution is 7.89. The molecule has 1 aliphatic rings. The average molecular weight is 396 g/mol. The largest absolute Gasteiger partial charge is 0.435 e. The lowest BCUT2D eigenvalue weighted by Crippen LogP contribution is -2.25. The van der Waals surface area contributed by atoms with Crippen LogP contribution in [0.5, 0.6) is 0 Å². The molecule has 1 saturated heterocycles. The molecule has 0 spiro atoms. The first-order valence-electron chi connectivity index (χ1n) is 8.23. The third kappa shape index (κ3) is 3.30. The maximum atomic E-state index is 13.3. The van der Waals surface area contributed by atoms with Crippen LogP contribution in [-0.4, -0.2) is 39.8 Å². The molecular formula is C17H15F3N4O2S. The molecule has 0 bridgehead atoms. The molecular weight excluding hydrogens is 381 g/mol. The van der Waals surface area contributed by atoms with Crippen molar-refractivity contribution in [2.75, 3.05) is 12.3 Å². The van der Waals surface area contributed by atoms with Gasteiger partial charge in [-0.2, -0.15) is 22.6 Å². The third-order valence-corrected chi connectivity index (χ3v) is 6.40. The first-order valence-corrected chi connectivity index (χ1v) is 9.84. The highest BCUT2D eigenvalue weighted by atomic mass is 32.2. The fourth-order valence-corrected chi connectivity index (χ4v) is 4.69. The van der Waals surface area contributed by atoms with Crippen LogP contribution < -0.4 is 0 Å². The number of hydrogen-bond donors (Lipinski definition) is 0. The number of aromatic nitrogens is 3. The van der Waals surface area contributed by atoms with Crippen molar-refractivity contribution in [3.63, 3.8) is 0 Å². The van der Waals surface area contributed by atoms with Gasteiger partial charge in [-0.05, 0) is 30.2 Å². The Morgan fingerprint density at radius 3 is 2.48 bits per heavy atom. The minimum absolute atomic E-state index is 0.0234. The van der Waals surface area contributed by atoms with Crippen LogP contribution in [0, 0.1) is 0 Å². The van der Waals surface area contributed by atoms with E-state index in [-0.39, 0.29) is 23.2 Å². The number of sulfonamides is 1. The molecule has 1 aliphatic heterocycles. The Morgan fingerprint density at radius 2 is 1.85 bits per heavy atom. The average Bonchev–Trinajstić information content (AvgIpc) is 3.16. The predicted octanol–water partition coefficient (Wildman–Crippen LogP) is 2.97. The van der Waals surface area contributed by atoms with Crippen molar-refractivity contribution in [2.24, 2.45) is 0 Å². The van der Waals surface area contributed by atoms with Gasteiger partial charge < -0.3 is 0 Å². The Kier molecular flexibility index (Phi) is 4.19. The summed E-state index contributed by atoms with van der Waals surface area (Å²) in [6.45, 7) is 0.728. The van der Waals surface area contributed by atoms with E-state index in [4.69, 9.17) is 0 Å². The van der Waals surface area contributed by atoms with Crippen molar-refractivity contribution in [3.05, 3.63) is 54.0 Å². The minimum atomic E-state index is -4.57. The van der Waals surface area contributed by atoms with Crippen LogP contribution >= 0.6 is 0 Å². The fraction of sp³-hybridized carbons (Fsp3) is 0.294. The summed E-state index contributed by atoms with van der Waals surface area (Å²) in [4.78, 5) is 3.89. The quantitative estimate of drug-likeness (QED) is 0.683. The lowest BCUT2D eigenvalue weighted by Gasteiger charge is -2.14. The fourth-order valence-electron chi connectivity index (χ4n) is 3.18. The van der Waals surface area contributed by atoms with Gasteiger partial charge in [0.2, 0.25) is 10.0 Å². The van der Waals surface area contributed by atoms with E-state index < -0.39 is 21.9 Å². The number of pyridine rings is 1. The van der Waals surface area contributed by atoms with Gasteiger partial charge in [0.1, 0.15) is 0 Å². The summed E-state index contributed by atoms with van der Waals surface area (Å²) in [6, 6.07) is 7.92. The van der Waals surface area contributed by atoms with Gasteiger partial charge in [0.25, 0.3) is 0 Å². The van der Waals surface area contributed by atoms with Gasteiger partial charge in [-0.15, -0.1) is 0 Å². The van der Waals surface area contributed by atoms with Crippen LogP contribution in [0.1, 0.15) is 17.7 Å². The minimum Gasteiger partial charge on any atom is -0.262 e. The van der Waals surface area contributed by atoms with Crippen molar-refractivity contribution >= 4 is 20.9 Å². The van der Waals surface area contributed by atoms with Crippen LogP contribution in [0.3, 0.4) is 0 Å². The molecule has 1 fully saturated rings. The first-order chi connectivity index (χ1) is 12.8. The molecule has 142 valence electrons. The van der Waals surface area contributed by atoms with Gasteiger partial charge in [0.15, 0.2) is 5.69 Å². The third-order valence-electron chi connectivity index (χ3n) is 4.49. The van der Waals surface area contributed by atoms with Crippen molar-refractivity contribution in [1.82, 2.24) is 19.1 Å². The van der Waals surface area contributed by atoms with E-state index >= 15 is 0 Å². The second-order valence-corrected chi connectivity index (χ2v) is 8.41. The van der Waals surface area contributed by atoms with Crippen LogP contribution in [0.2, 0.25) is 0 Å². The standard InChI is InChI=1S/C17H15F3N4O2S/c18-17(19,20)16-14-6-7-21-10-15(14)24(22-16)13-4-2-12(3-5-13)11-23-8-1-9-27(23,25)26/h2-7,10H,1,8-9,11H2. The summed E-state index contributed by atoms with van der Waals surface area (Å²) in [5.74, 6) is 0.150. The first kappa shape index (κ1) is 17.9. The number of benzene rings is 1. The van der Waals surface area contributed by atoms with Gasteiger partial charge in [0, 0.05) is 24.7 Å². The molecule has 3 aromatic rings. The molecule has 0 radical (unpaired) electrons. The van der Waals surface area contributed by atoms with Gasteiger partial charge >= 0.3 is 6.18 Å². The Bertz CT molecular complexity index is 1090. The molecule has 0 aliphatic carbocycles. The number of rotatable bonds is 3. The molecule has 0 N–H and O–H groups in total. The molecule has 1 aromatic carbocycles. The molecule has 0 atom stereocenters. The molecule has 3 heterocycles. The molecule has 4 rings (SSSR count). The summed E-state index contributed by atoms with van der Waals surface area (Å²) in [7, 11) is -3.21. The van der Waals surface area contributed by atoms with E-state index in [1.54, 1.807) is 24.3 Å². The Morgan fingerprint density at radius 1 is 1.11 bits per heavy atom.